The summed E-state index contributed by atoms with van der Waals surface area (Å²) in [6.45, 7) is 0. The first kappa shape index (κ1) is 15.7. The van der Waals surface area contributed by atoms with E-state index in [0.717, 1.165) is 11.8 Å². The molecule has 8 nitrogen and oxygen atoms in total. The Bertz CT molecular complexity index is 686. The zero-order valence-electron chi connectivity index (χ0n) is 11.1. The number of aliphatic carboxylic acids is 1. The molecule has 1 saturated heterocycles. The lowest BCUT2D eigenvalue weighted by molar-refractivity contribution is -0.138. The molecule has 2 rings (SSSR count). The zero-order valence-corrected chi connectivity index (χ0v) is 11.9. The number of hydrogen-bond acceptors (Lipinski definition) is 6. The average Bonchev–Trinajstić information content (AvgIpc) is 2.78. The summed E-state index contributed by atoms with van der Waals surface area (Å²) in [6.07, 6.45) is 1.05. The van der Waals surface area contributed by atoms with E-state index in [1.54, 1.807) is 12.1 Å². The fraction of sp³-hybridized carbons (Fsp3) is 0.154. The van der Waals surface area contributed by atoms with Crippen LogP contribution in [0, 0.1) is 0 Å². The number of benzene rings is 1. The number of thioether (sulfide) groups is 1. The van der Waals surface area contributed by atoms with Crippen LogP contribution < -0.4 is 5.32 Å². The van der Waals surface area contributed by atoms with Gasteiger partial charge in [0.2, 0.25) is 5.91 Å². The molecule has 1 heterocycles. The molecular weight excluding hydrogens is 310 g/mol. The van der Waals surface area contributed by atoms with Crippen LogP contribution in [0.25, 0.3) is 0 Å². The number of nitrogens with one attached hydrogen (secondary N) is 1. The van der Waals surface area contributed by atoms with Crippen molar-refractivity contribution in [3.8, 4) is 0 Å². The number of rotatable bonds is 5. The standard InChI is InChI=1S/C13H11N3O5S/c17-10(18)5-9-11(19)15-13(22-9)16-14-6-7-2-1-3-8(4-7)12(20)21/h1-4,6,9H,5H2,(H,17,18)(H,20,21)(H,15,16,19). The smallest absolute Gasteiger partial charge is 0.335 e. The SMILES string of the molecule is O=C(O)CC1SC(=NN=Cc2cccc(C(=O)O)c2)NC1=O. The van der Waals surface area contributed by atoms with Gasteiger partial charge in [0.05, 0.1) is 18.2 Å². The summed E-state index contributed by atoms with van der Waals surface area (Å²) in [7, 11) is 0. The highest BCUT2D eigenvalue weighted by Gasteiger charge is 2.32. The van der Waals surface area contributed by atoms with Crippen molar-refractivity contribution >= 4 is 41.0 Å². The molecule has 0 bridgehead atoms. The van der Waals surface area contributed by atoms with E-state index in [2.05, 4.69) is 15.5 Å². The number of carbonyl (C=O) groups is 3. The fourth-order valence-corrected chi connectivity index (χ4v) is 2.56. The maximum atomic E-state index is 11.5. The molecule has 0 aromatic heterocycles. The van der Waals surface area contributed by atoms with E-state index >= 15 is 0 Å². The Morgan fingerprint density at radius 1 is 1.36 bits per heavy atom. The zero-order chi connectivity index (χ0) is 16.1. The Hall–Kier alpha value is -2.68. The van der Waals surface area contributed by atoms with Crippen molar-refractivity contribution < 1.29 is 24.6 Å². The Balaban J connectivity index is 2.03. The van der Waals surface area contributed by atoms with E-state index in [9.17, 15) is 14.4 Å². The summed E-state index contributed by atoms with van der Waals surface area (Å²) in [5.74, 6) is -2.53. The quantitative estimate of drug-likeness (QED) is 0.543. The molecule has 1 aromatic rings. The maximum absolute atomic E-state index is 11.5. The summed E-state index contributed by atoms with van der Waals surface area (Å²) in [6, 6.07) is 6.12. The van der Waals surface area contributed by atoms with Crippen molar-refractivity contribution in [2.75, 3.05) is 0 Å². The normalized spacial score (nSPS) is 19.5. The van der Waals surface area contributed by atoms with Gasteiger partial charge in [-0.1, -0.05) is 23.9 Å². The van der Waals surface area contributed by atoms with E-state index in [1.807, 2.05) is 0 Å². The summed E-state index contributed by atoms with van der Waals surface area (Å²) < 4.78 is 0. The summed E-state index contributed by atoms with van der Waals surface area (Å²) in [5.41, 5.74) is 0.669. The second-order valence-corrected chi connectivity index (χ2v) is 5.47. The molecule has 1 atom stereocenters. The van der Waals surface area contributed by atoms with Crippen molar-refractivity contribution in [2.24, 2.45) is 10.2 Å². The second kappa shape index (κ2) is 6.85. The maximum Gasteiger partial charge on any atom is 0.335 e. The van der Waals surface area contributed by atoms with E-state index in [0.29, 0.717) is 5.56 Å². The molecule has 22 heavy (non-hydrogen) atoms. The van der Waals surface area contributed by atoms with Crippen molar-refractivity contribution in [1.82, 2.24) is 5.32 Å². The van der Waals surface area contributed by atoms with Gasteiger partial charge in [0.25, 0.3) is 0 Å². The molecule has 3 N–H and O–H groups in total. The third-order valence-corrected chi connectivity index (χ3v) is 3.70. The van der Waals surface area contributed by atoms with Gasteiger partial charge in [-0.25, -0.2) is 4.79 Å². The Labute approximate surface area is 128 Å². The van der Waals surface area contributed by atoms with Gasteiger partial charge in [-0.2, -0.15) is 5.10 Å². The third kappa shape index (κ3) is 4.16. The summed E-state index contributed by atoms with van der Waals surface area (Å²) in [4.78, 5) is 32.9. The topological polar surface area (TPSA) is 128 Å². The molecule has 114 valence electrons. The van der Waals surface area contributed by atoms with Crippen LogP contribution >= 0.6 is 11.8 Å². The number of carboxylic acids is 2. The number of amidine groups is 1. The molecule has 1 aromatic carbocycles. The second-order valence-electron chi connectivity index (χ2n) is 4.27. The molecule has 1 aliphatic rings. The number of amides is 1. The molecule has 0 radical (unpaired) electrons. The number of aromatic carboxylic acids is 1. The Morgan fingerprint density at radius 3 is 2.82 bits per heavy atom. The van der Waals surface area contributed by atoms with Crippen LogP contribution in [0.15, 0.2) is 34.5 Å². The first-order valence-electron chi connectivity index (χ1n) is 6.09. The first-order chi connectivity index (χ1) is 10.5. The van der Waals surface area contributed by atoms with Gasteiger partial charge < -0.3 is 15.5 Å². The van der Waals surface area contributed by atoms with Crippen LogP contribution in [0.4, 0.5) is 0 Å². The predicted molar refractivity (Wildman–Crippen MR) is 80.2 cm³/mol. The van der Waals surface area contributed by atoms with Crippen LogP contribution in [-0.2, 0) is 9.59 Å². The van der Waals surface area contributed by atoms with Crippen molar-refractivity contribution in [1.29, 1.82) is 0 Å². The Morgan fingerprint density at radius 2 is 2.14 bits per heavy atom. The van der Waals surface area contributed by atoms with E-state index in [-0.39, 0.29) is 17.2 Å². The first-order valence-corrected chi connectivity index (χ1v) is 6.97. The molecule has 0 spiro atoms. The van der Waals surface area contributed by atoms with Gasteiger partial charge in [-0.3, -0.25) is 9.59 Å². The minimum absolute atomic E-state index is 0.127. The highest BCUT2D eigenvalue weighted by atomic mass is 32.2. The van der Waals surface area contributed by atoms with E-state index in [1.165, 1.54) is 18.3 Å². The van der Waals surface area contributed by atoms with Crippen LogP contribution in [-0.4, -0.2) is 44.7 Å². The van der Waals surface area contributed by atoms with Gasteiger partial charge in [0.15, 0.2) is 5.17 Å². The number of nitrogens with zero attached hydrogens (tertiary/aromatic N) is 2. The largest absolute Gasteiger partial charge is 0.481 e. The van der Waals surface area contributed by atoms with Crippen LogP contribution in [0.2, 0.25) is 0 Å². The van der Waals surface area contributed by atoms with Gasteiger partial charge in [-0.15, -0.1) is 5.10 Å². The number of carbonyl (C=O) groups excluding carboxylic acids is 1. The van der Waals surface area contributed by atoms with Crippen molar-refractivity contribution in [3.05, 3.63) is 35.4 Å². The monoisotopic (exact) mass is 321 g/mol. The Kier molecular flexibility index (Phi) is 4.89. The van der Waals surface area contributed by atoms with E-state index < -0.39 is 23.1 Å². The molecule has 1 unspecified atom stereocenters. The third-order valence-electron chi connectivity index (χ3n) is 2.63. The molecule has 1 aliphatic heterocycles. The van der Waals surface area contributed by atoms with Crippen LogP contribution in [0.3, 0.4) is 0 Å². The lowest BCUT2D eigenvalue weighted by Gasteiger charge is -1.97. The average molecular weight is 321 g/mol. The minimum Gasteiger partial charge on any atom is -0.481 e. The molecule has 0 aliphatic carbocycles. The molecule has 1 fully saturated rings. The van der Waals surface area contributed by atoms with E-state index in [4.69, 9.17) is 10.2 Å². The fourth-order valence-electron chi connectivity index (χ4n) is 1.65. The molecular formula is C13H11N3O5S. The summed E-state index contributed by atoms with van der Waals surface area (Å²) in [5, 5.41) is 27.0. The lowest BCUT2D eigenvalue weighted by atomic mass is 10.1. The van der Waals surface area contributed by atoms with Crippen LogP contribution in [0.5, 0.6) is 0 Å². The number of carboxylic acid groups (broad SMARTS) is 2. The van der Waals surface area contributed by atoms with Crippen molar-refractivity contribution in [3.63, 3.8) is 0 Å². The summed E-state index contributed by atoms with van der Waals surface area (Å²) >= 11 is 0.991. The highest BCUT2D eigenvalue weighted by Crippen LogP contribution is 2.22. The molecule has 9 heteroatoms. The van der Waals surface area contributed by atoms with Gasteiger partial charge in [0, 0.05) is 0 Å². The highest BCUT2D eigenvalue weighted by molar-refractivity contribution is 8.15. The van der Waals surface area contributed by atoms with Gasteiger partial charge >= 0.3 is 11.9 Å². The van der Waals surface area contributed by atoms with Gasteiger partial charge in [0.1, 0.15) is 5.25 Å². The van der Waals surface area contributed by atoms with Crippen molar-refractivity contribution in [2.45, 2.75) is 11.7 Å². The number of hydrogen-bond donors (Lipinski definition) is 3. The minimum atomic E-state index is -1.07. The molecule has 1 amide bonds. The molecule has 0 saturated carbocycles. The van der Waals surface area contributed by atoms with Crippen LogP contribution in [0.1, 0.15) is 22.3 Å². The van der Waals surface area contributed by atoms with Gasteiger partial charge in [-0.05, 0) is 17.7 Å². The predicted octanol–water partition coefficient (Wildman–Crippen LogP) is 0.781. The lowest BCUT2D eigenvalue weighted by Crippen LogP contribution is -2.26.